The van der Waals surface area contributed by atoms with Crippen LogP contribution in [0, 0.1) is 6.92 Å². The Morgan fingerprint density at radius 3 is 2.95 bits per heavy atom. The second kappa shape index (κ2) is 6.12. The number of hydrazone groups is 1. The van der Waals surface area contributed by atoms with Crippen molar-refractivity contribution in [2.45, 2.75) is 6.92 Å². The number of hydrogen-bond acceptors (Lipinski definition) is 4. The Morgan fingerprint density at radius 1 is 1.45 bits per heavy atom. The second-order valence-corrected chi connectivity index (χ2v) is 4.45. The fraction of sp³-hybridized carbons (Fsp3) is 0.0769. The molecule has 0 fully saturated rings. The first-order chi connectivity index (χ1) is 9.54. The third-order valence-corrected chi connectivity index (χ3v) is 2.58. The van der Waals surface area contributed by atoms with Crippen LogP contribution in [-0.2, 0) is 0 Å². The molecule has 6 nitrogen and oxygen atoms in total. The molecule has 0 saturated heterocycles. The van der Waals surface area contributed by atoms with Crippen LogP contribution in [0.3, 0.4) is 0 Å². The van der Waals surface area contributed by atoms with Crippen LogP contribution < -0.4 is 11.1 Å². The lowest BCUT2D eigenvalue weighted by Gasteiger charge is -1.99. The standard InChI is InChI=1S/C13H11ClN4O2/c1-8-5-11(17-13(20)16-8)12(19)18-15-7-9-3-2-4-10(14)6-9/h2-7H,1H3,(H,18,19)(H,16,17,20)/b15-7+. The molecule has 1 aromatic heterocycles. The largest absolute Gasteiger partial charge is 0.345 e. The van der Waals surface area contributed by atoms with Crippen molar-refractivity contribution in [3.8, 4) is 0 Å². The van der Waals surface area contributed by atoms with Crippen molar-refractivity contribution >= 4 is 23.7 Å². The van der Waals surface area contributed by atoms with E-state index in [1.165, 1.54) is 12.3 Å². The van der Waals surface area contributed by atoms with Gasteiger partial charge < -0.3 is 4.98 Å². The van der Waals surface area contributed by atoms with E-state index >= 15 is 0 Å². The van der Waals surface area contributed by atoms with E-state index in [0.29, 0.717) is 10.7 Å². The molecule has 0 bridgehead atoms. The number of aromatic amines is 1. The summed E-state index contributed by atoms with van der Waals surface area (Å²) < 4.78 is 0. The highest BCUT2D eigenvalue weighted by Gasteiger charge is 2.07. The quantitative estimate of drug-likeness (QED) is 0.663. The predicted octanol–water partition coefficient (Wildman–Crippen LogP) is 1.50. The van der Waals surface area contributed by atoms with Gasteiger partial charge in [-0.1, -0.05) is 23.7 Å². The predicted molar refractivity (Wildman–Crippen MR) is 76.1 cm³/mol. The van der Waals surface area contributed by atoms with Crippen LogP contribution in [0.4, 0.5) is 0 Å². The first-order valence-electron chi connectivity index (χ1n) is 5.71. The summed E-state index contributed by atoms with van der Waals surface area (Å²) in [6, 6.07) is 8.46. The number of carbonyl (C=O) groups is 1. The molecular formula is C13H11ClN4O2. The summed E-state index contributed by atoms with van der Waals surface area (Å²) in [4.78, 5) is 28.9. The number of nitrogens with zero attached hydrogens (tertiary/aromatic N) is 2. The molecule has 2 rings (SSSR count). The molecule has 0 aliphatic carbocycles. The second-order valence-electron chi connectivity index (χ2n) is 4.01. The Morgan fingerprint density at radius 2 is 2.25 bits per heavy atom. The van der Waals surface area contributed by atoms with Crippen molar-refractivity contribution in [2.24, 2.45) is 5.10 Å². The maximum absolute atomic E-state index is 11.7. The van der Waals surface area contributed by atoms with Gasteiger partial charge in [-0.05, 0) is 30.7 Å². The minimum Gasteiger partial charge on any atom is -0.310 e. The first kappa shape index (κ1) is 14.0. The van der Waals surface area contributed by atoms with E-state index in [4.69, 9.17) is 11.6 Å². The summed E-state index contributed by atoms with van der Waals surface area (Å²) in [6.07, 6.45) is 1.45. The van der Waals surface area contributed by atoms with E-state index in [1.807, 2.05) is 0 Å². The number of carbonyl (C=O) groups excluding carboxylic acids is 1. The zero-order chi connectivity index (χ0) is 14.5. The van der Waals surface area contributed by atoms with E-state index in [1.54, 1.807) is 31.2 Å². The van der Waals surface area contributed by atoms with Crippen LogP contribution in [0.15, 0.2) is 40.2 Å². The maximum atomic E-state index is 11.7. The smallest absolute Gasteiger partial charge is 0.310 e. The van der Waals surface area contributed by atoms with E-state index in [0.717, 1.165) is 5.56 Å². The summed E-state index contributed by atoms with van der Waals surface area (Å²) >= 11 is 5.82. The molecule has 20 heavy (non-hydrogen) atoms. The number of halogens is 1. The van der Waals surface area contributed by atoms with Crippen molar-refractivity contribution in [1.82, 2.24) is 15.4 Å². The molecule has 2 N–H and O–H groups in total. The van der Waals surface area contributed by atoms with Crippen molar-refractivity contribution in [1.29, 1.82) is 0 Å². The van der Waals surface area contributed by atoms with Gasteiger partial charge >= 0.3 is 5.69 Å². The molecule has 0 atom stereocenters. The van der Waals surface area contributed by atoms with Crippen molar-refractivity contribution in [3.05, 3.63) is 62.8 Å². The van der Waals surface area contributed by atoms with Crippen LogP contribution >= 0.6 is 11.6 Å². The van der Waals surface area contributed by atoms with Gasteiger partial charge in [-0.3, -0.25) is 4.79 Å². The molecule has 7 heteroatoms. The van der Waals surface area contributed by atoms with Crippen LogP contribution in [0.5, 0.6) is 0 Å². The Balaban J connectivity index is 2.07. The van der Waals surface area contributed by atoms with Gasteiger partial charge in [0, 0.05) is 10.7 Å². The zero-order valence-corrected chi connectivity index (χ0v) is 11.3. The van der Waals surface area contributed by atoms with Gasteiger partial charge in [0.25, 0.3) is 5.91 Å². The maximum Gasteiger partial charge on any atom is 0.345 e. The molecule has 0 unspecified atom stereocenters. The van der Waals surface area contributed by atoms with E-state index < -0.39 is 11.6 Å². The average molecular weight is 291 g/mol. The molecule has 0 aliphatic rings. The van der Waals surface area contributed by atoms with Crippen LogP contribution in [0.2, 0.25) is 5.02 Å². The highest BCUT2D eigenvalue weighted by molar-refractivity contribution is 6.30. The number of H-pyrrole nitrogens is 1. The fourth-order valence-electron chi connectivity index (χ4n) is 1.51. The lowest BCUT2D eigenvalue weighted by molar-refractivity contribution is 0.0949. The highest BCUT2D eigenvalue weighted by Crippen LogP contribution is 2.08. The lowest BCUT2D eigenvalue weighted by atomic mass is 10.2. The molecule has 1 aromatic carbocycles. The number of aryl methyl sites for hydroxylation is 1. The van der Waals surface area contributed by atoms with Crippen LogP contribution in [0.1, 0.15) is 21.7 Å². The van der Waals surface area contributed by atoms with Gasteiger partial charge in [-0.25, -0.2) is 10.2 Å². The topological polar surface area (TPSA) is 87.2 Å². The van der Waals surface area contributed by atoms with Gasteiger partial charge in [0.2, 0.25) is 0 Å². The van der Waals surface area contributed by atoms with Gasteiger partial charge in [-0.2, -0.15) is 10.1 Å². The zero-order valence-electron chi connectivity index (χ0n) is 10.6. The molecular weight excluding hydrogens is 280 g/mol. The summed E-state index contributed by atoms with van der Waals surface area (Å²) in [5, 5.41) is 4.36. The average Bonchev–Trinajstić information content (AvgIpc) is 2.37. The van der Waals surface area contributed by atoms with Crippen molar-refractivity contribution in [2.75, 3.05) is 0 Å². The fourth-order valence-corrected chi connectivity index (χ4v) is 1.70. The summed E-state index contributed by atoms with van der Waals surface area (Å²) in [6.45, 7) is 1.66. The van der Waals surface area contributed by atoms with Gasteiger partial charge in [0.15, 0.2) is 0 Å². The number of amides is 1. The molecule has 0 aliphatic heterocycles. The van der Waals surface area contributed by atoms with Crippen LogP contribution in [0.25, 0.3) is 0 Å². The SMILES string of the molecule is Cc1cc(C(=O)N/N=C/c2cccc(Cl)c2)nc(=O)[nH]1. The lowest BCUT2D eigenvalue weighted by Crippen LogP contribution is -2.24. The Kier molecular flexibility index (Phi) is 4.27. The molecule has 102 valence electrons. The molecule has 1 amide bonds. The Hall–Kier alpha value is -2.47. The van der Waals surface area contributed by atoms with E-state index in [2.05, 4.69) is 20.5 Å². The minimum absolute atomic E-state index is 0.00879. The van der Waals surface area contributed by atoms with Crippen LogP contribution in [-0.4, -0.2) is 22.1 Å². The van der Waals surface area contributed by atoms with E-state index in [9.17, 15) is 9.59 Å². The van der Waals surface area contributed by atoms with Crippen molar-refractivity contribution < 1.29 is 4.79 Å². The summed E-state index contributed by atoms with van der Waals surface area (Å²) in [5.74, 6) is -0.558. The monoisotopic (exact) mass is 290 g/mol. The molecule has 0 spiro atoms. The molecule has 0 saturated carbocycles. The first-order valence-corrected chi connectivity index (χ1v) is 6.09. The molecule has 1 heterocycles. The third kappa shape index (κ3) is 3.76. The van der Waals surface area contributed by atoms with Gasteiger partial charge in [-0.15, -0.1) is 0 Å². The number of rotatable bonds is 3. The number of aromatic nitrogens is 2. The molecule has 0 radical (unpaired) electrons. The van der Waals surface area contributed by atoms with E-state index in [-0.39, 0.29) is 5.69 Å². The number of benzene rings is 1. The Bertz CT molecular complexity index is 724. The Labute approximate surface area is 119 Å². The normalized spacial score (nSPS) is 10.7. The van der Waals surface area contributed by atoms with Crippen molar-refractivity contribution in [3.63, 3.8) is 0 Å². The number of nitrogens with one attached hydrogen (secondary N) is 2. The third-order valence-electron chi connectivity index (χ3n) is 2.34. The summed E-state index contributed by atoms with van der Waals surface area (Å²) in [7, 11) is 0. The summed E-state index contributed by atoms with van der Waals surface area (Å²) in [5.41, 5.74) is 3.02. The van der Waals surface area contributed by atoms with Gasteiger partial charge in [0.05, 0.1) is 6.21 Å². The number of hydrogen-bond donors (Lipinski definition) is 2. The minimum atomic E-state index is -0.575. The molecule has 2 aromatic rings. The highest BCUT2D eigenvalue weighted by atomic mass is 35.5. The van der Waals surface area contributed by atoms with Gasteiger partial charge in [0.1, 0.15) is 5.69 Å².